The van der Waals surface area contributed by atoms with Gasteiger partial charge in [-0.2, -0.15) is 0 Å². The van der Waals surface area contributed by atoms with Crippen molar-refractivity contribution < 1.29 is 9.53 Å². The molecule has 1 fully saturated rings. The molecule has 3 nitrogen and oxygen atoms in total. The van der Waals surface area contributed by atoms with Crippen LogP contribution < -0.4 is 5.32 Å². The number of benzene rings is 1. The molecule has 2 unspecified atom stereocenters. The lowest BCUT2D eigenvalue weighted by atomic mass is 9.88. The van der Waals surface area contributed by atoms with Gasteiger partial charge in [-0.15, -0.1) is 0 Å². The quantitative estimate of drug-likeness (QED) is 0.851. The number of esters is 1. The number of carbonyl (C=O) groups excluding carboxylic acids is 1. The molecule has 0 aromatic heterocycles. The maximum atomic E-state index is 12.3. The van der Waals surface area contributed by atoms with Crippen molar-refractivity contribution in [2.24, 2.45) is 5.92 Å². The fourth-order valence-corrected chi connectivity index (χ4v) is 2.94. The molecule has 0 radical (unpaired) electrons. The summed E-state index contributed by atoms with van der Waals surface area (Å²) in [4.78, 5) is 12.3. The van der Waals surface area contributed by atoms with E-state index in [1.807, 2.05) is 45.9 Å². The van der Waals surface area contributed by atoms with Gasteiger partial charge < -0.3 is 10.1 Å². The number of rotatable bonds is 2. The second-order valence-electron chi connectivity index (χ2n) is 6.43. The van der Waals surface area contributed by atoms with Gasteiger partial charge in [0.1, 0.15) is 5.60 Å². The van der Waals surface area contributed by atoms with Crippen LogP contribution in [-0.2, 0) is 9.53 Å². The van der Waals surface area contributed by atoms with E-state index in [1.165, 1.54) is 0 Å². The van der Waals surface area contributed by atoms with Crippen LogP contribution >= 0.6 is 11.6 Å². The molecule has 4 heteroatoms. The Labute approximate surface area is 125 Å². The topological polar surface area (TPSA) is 38.3 Å². The van der Waals surface area contributed by atoms with Crippen LogP contribution in [0.25, 0.3) is 0 Å². The van der Waals surface area contributed by atoms with Crippen molar-refractivity contribution in [3.63, 3.8) is 0 Å². The Bertz CT molecular complexity index is 508. The largest absolute Gasteiger partial charge is 0.460 e. The summed E-state index contributed by atoms with van der Waals surface area (Å²) in [7, 11) is 0. The number of hydrogen-bond acceptors (Lipinski definition) is 3. The highest BCUT2D eigenvalue weighted by Gasteiger charge is 2.37. The molecule has 1 aliphatic heterocycles. The molecule has 2 rings (SSSR count). The summed E-state index contributed by atoms with van der Waals surface area (Å²) in [5, 5.41) is 4.00. The number of nitrogens with one attached hydrogen (secondary N) is 1. The molecular weight excluding hydrogens is 274 g/mol. The summed E-state index contributed by atoms with van der Waals surface area (Å²) in [6.07, 6.45) is 0. The van der Waals surface area contributed by atoms with Crippen LogP contribution in [0.4, 0.5) is 0 Å². The van der Waals surface area contributed by atoms with Crippen LogP contribution in [0.5, 0.6) is 0 Å². The molecule has 0 saturated carbocycles. The molecule has 1 saturated heterocycles. The molecule has 0 spiro atoms. The summed E-state index contributed by atoms with van der Waals surface area (Å²) in [6.45, 7) is 9.08. The summed E-state index contributed by atoms with van der Waals surface area (Å²) < 4.78 is 5.51. The molecule has 0 amide bonds. The van der Waals surface area contributed by atoms with Crippen LogP contribution in [-0.4, -0.2) is 24.7 Å². The lowest BCUT2D eigenvalue weighted by Crippen LogP contribution is -2.31. The van der Waals surface area contributed by atoms with E-state index < -0.39 is 5.60 Å². The second-order valence-corrected chi connectivity index (χ2v) is 6.84. The van der Waals surface area contributed by atoms with E-state index in [9.17, 15) is 4.79 Å². The number of aryl methyl sites for hydroxylation is 1. The number of carbonyl (C=O) groups is 1. The first kappa shape index (κ1) is 15.3. The standard InChI is InChI=1S/C16H22ClNO2/c1-10-5-6-11(14(17)7-10)12-8-18-9-13(12)15(19)20-16(2,3)4/h5-7,12-13,18H,8-9H2,1-4H3. The van der Waals surface area contributed by atoms with Crippen LogP contribution in [0.3, 0.4) is 0 Å². The van der Waals surface area contributed by atoms with E-state index in [4.69, 9.17) is 16.3 Å². The zero-order valence-electron chi connectivity index (χ0n) is 12.5. The fourth-order valence-electron chi connectivity index (χ4n) is 2.56. The molecule has 0 bridgehead atoms. The van der Waals surface area contributed by atoms with Gasteiger partial charge in [-0.1, -0.05) is 23.7 Å². The first-order valence-corrected chi connectivity index (χ1v) is 7.35. The first-order valence-electron chi connectivity index (χ1n) is 6.97. The molecule has 1 aromatic rings. The molecule has 0 aliphatic carbocycles. The van der Waals surface area contributed by atoms with Crippen molar-refractivity contribution in [2.75, 3.05) is 13.1 Å². The highest BCUT2D eigenvalue weighted by atomic mass is 35.5. The Hall–Kier alpha value is -1.06. The molecule has 1 heterocycles. The normalized spacial score (nSPS) is 22.9. The van der Waals surface area contributed by atoms with Gasteiger partial charge in [0.05, 0.1) is 5.92 Å². The van der Waals surface area contributed by atoms with E-state index in [0.717, 1.165) is 22.7 Å². The zero-order valence-corrected chi connectivity index (χ0v) is 13.3. The van der Waals surface area contributed by atoms with Gasteiger partial charge in [0.2, 0.25) is 0 Å². The van der Waals surface area contributed by atoms with Crippen molar-refractivity contribution in [3.8, 4) is 0 Å². The zero-order chi connectivity index (χ0) is 14.9. The number of halogens is 1. The van der Waals surface area contributed by atoms with Crippen LogP contribution in [0.1, 0.15) is 37.8 Å². The Morgan fingerprint density at radius 3 is 2.65 bits per heavy atom. The molecule has 2 atom stereocenters. The SMILES string of the molecule is Cc1ccc(C2CNCC2C(=O)OC(C)(C)C)c(Cl)c1. The summed E-state index contributed by atoms with van der Waals surface area (Å²) in [5.74, 6) is -0.239. The van der Waals surface area contributed by atoms with Gasteiger partial charge in [0.15, 0.2) is 0 Å². The van der Waals surface area contributed by atoms with Gasteiger partial charge >= 0.3 is 5.97 Å². The van der Waals surface area contributed by atoms with Crippen LogP contribution in [0.2, 0.25) is 5.02 Å². The van der Waals surface area contributed by atoms with Gasteiger partial charge in [0, 0.05) is 24.0 Å². The van der Waals surface area contributed by atoms with Gasteiger partial charge in [0.25, 0.3) is 0 Å². The molecule has 1 N–H and O–H groups in total. The molecular formula is C16H22ClNO2. The van der Waals surface area contributed by atoms with Gasteiger partial charge in [-0.3, -0.25) is 4.79 Å². The van der Waals surface area contributed by atoms with E-state index in [-0.39, 0.29) is 17.8 Å². The number of hydrogen-bond donors (Lipinski definition) is 1. The number of ether oxygens (including phenoxy) is 1. The molecule has 110 valence electrons. The van der Waals surface area contributed by atoms with Crippen molar-refractivity contribution in [1.82, 2.24) is 5.32 Å². The summed E-state index contributed by atoms with van der Waals surface area (Å²) >= 11 is 6.33. The molecule has 20 heavy (non-hydrogen) atoms. The maximum Gasteiger partial charge on any atom is 0.311 e. The smallest absolute Gasteiger partial charge is 0.311 e. The summed E-state index contributed by atoms with van der Waals surface area (Å²) in [6, 6.07) is 6.00. The lowest BCUT2D eigenvalue weighted by Gasteiger charge is -2.25. The van der Waals surface area contributed by atoms with Crippen LogP contribution in [0.15, 0.2) is 18.2 Å². The van der Waals surface area contributed by atoms with Gasteiger partial charge in [-0.25, -0.2) is 0 Å². The monoisotopic (exact) mass is 295 g/mol. The average Bonchev–Trinajstić information content (AvgIpc) is 2.75. The van der Waals surface area contributed by atoms with Crippen molar-refractivity contribution in [1.29, 1.82) is 0 Å². The van der Waals surface area contributed by atoms with E-state index in [0.29, 0.717) is 6.54 Å². The second kappa shape index (κ2) is 5.74. The Morgan fingerprint density at radius 1 is 1.35 bits per heavy atom. The Balaban J connectivity index is 2.21. The van der Waals surface area contributed by atoms with E-state index >= 15 is 0 Å². The predicted molar refractivity (Wildman–Crippen MR) is 81.1 cm³/mol. The Kier molecular flexibility index (Phi) is 4.40. The van der Waals surface area contributed by atoms with Gasteiger partial charge in [-0.05, 0) is 44.9 Å². The summed E-state index contributed by atoms with van der Waals surface area (Å²) in [5.41, 5.74) is 1.69. The molecule has 1 aromatic carbocycles. The minimum atomic E-state index is -0.457. The minimum absolute atomic E-state index is 0.0814. The fraction of sp³-hybridized carbons (Fsp3) is 0.562. The maximum absolute atomic E-state index is 12.3. The van der Waals surface area contributed by atoms with Crippen molar-refractivity contribution >= 4 is 17.6 Å². The lowest BCUT2D eigenvalue weighted by molar-refractivity contribution is -0.159. The van der Waals surface area contributed by atoms with E-state index in [2.05, 4.69) is 5.32 Å². The first-order chi connectivity index (χ1) is 9.28. The van der Waals surface area contributed by atoms with Crippen molar-refractivity contribution in [2.45, 2.75) is 39.2 Å². The van der Waals surface area contributed by atoms with Crippen LogP contribution in [0, 0.1) is 12.8 Å². The average molecular weight is 296 g/mol. The van der Waals surface area contributed by atoms with Crippen molar-refractivity contribution in [3.05, 3.63) is 34.3 Å². The highest BCUT2D eigenvalue weighted by Crippen LogP contribution is 2.34. The minimum Gasteiger partial charge on any atom is -0.460 e. The van der Waals surface area contributed by atoms with E-state index in [1.54, 1.807) is 0 Å². The molecule has 1 aliphatic rings. The third-order valence-corrected chi connectivity index (χ3v) is 3.81. The highest BCUT2D eigenvalue weighted by molar-refractivity contribution is 6.31. The third kappa shape index (κ3) is 3.53. The predicted octanol–water partition coefficient (Wildman–Crippen LogP) is 3.29. The third-order valence-electron chi connectivity index (χ3n) is 3.48. The Morgan fingerprint density at radius 2 is 2.05 bits per heavy atom.